The lowest BCUT2D eigenvalue weighted by atomic mass is 10.1. The molecule has 2 rings (SSSR count). The quantitative estimate of drug-likeness (QED) is 0.815. The topological polar surface area (TPSA) is 75.7 Å². The Bertz CT molecular complexity index is 848. The van der Waals surface area contributed by atoms with E-state index in [0.717, 1.165) is 9.87 Å². The second-order valence-electron chi connectivity index (χ2n) is 5.70. The minimum Gasteiger partial charge on any atom is -0.497 e. The van der Waals surface area contributed by atoms with Gasteiger partial charge in [-0.2, -0.15) is 0 Å². The highest BCUT2D eigenvalue weighted by Crippen LogP contribution is 2.18. The van der Waals surface area contributed by atoms with Gasteiger partial charge in [0.25, 0.3) is 0 Å². The first-order chi connectivity index (χ1) is 11.8. The van der Waals surface area contributed by atoms with Crippen molar-refractivity contribution in [1.82, 2.24) is 9.62 Å². The minimum atomic E-state index is -3.56. The third-order valence-electron chi connectivity index (χ3n) is 3.71. The molecule has 0 saturated carbocycles. The Kier molecular flexibility index (Phi) is 6.17. The fourth-order valence-electron chi connectivity index (χ4n) is 2.32. The molecule has 0 aliphatic carbocycles. The van der Waals surface area contributed by atoms with Crippen molar-refractivity contribution in [3.8, 4) is 5.75 Å². The van der Waals surface area contributed by atoms with Crippen molar-refractivity contribution in [2.24, 2.45) is 0 Å². The van der Waals surface area contributed by atoms with Gasteiger partial charge in [0.2, 0.25) is 15.9 Å². The summed E-state index contributed by atoms with van der Waals surface area (Å²) in [4.78, 5) is 12.4. The van der Waals surface area contributed by atoms with Gasteiger partial charge in [-0.25, -0.2) is 12.7 Å². The number of rotatable bonds is 7. The second-order valence-corrected chi connectivity index (χ2v) is 7.82. The summed E-state index contributed by atoms with van der Waals surface area (Å²) in [6, 6.07) is 13.9. The van der Waals surface area contributed by atoms with Gasteiger partial charge in [0.15, 0.2) is 0 Å². The summed E-state index contributed by atoms with van der Waals surface area (Å²) < 4.78 is 31.0. The summed E-state index contributed by atoms with van der Waals surface area (Å²) in [6.45, 7) is 0.145. The van der Waals surface area contributed by atoms with Crippen LogP contribution in [0.4, 0.5) is 0 Å². The van der Waals surface area contributed by atoms with Crippen molar-refractivity contribution in [3.05, 3.63) is 59.7 Å². The third-order valence-corrected chi connectivity index (χ3v) is 5.62. The van der Waals surface area contributed by atoms with Crippen LogP contribution in [0.15, 0.2) is 53.4 Å². The van der Waals surface area contributed by atoms with Crippen LogP contribution in [0, 0.1) is 0 Å². The number of hydrogen-bond acceptors (Lipinski definition) is 4. The molecule has 0 radical (unpaired) electrons. The minimum absolute atomic E-state index is 0.145. The molecule has 0 heterocycles. The van der Waals surface area contributed by atoms with Gasteiger partial charge >= 0.3 is 0 Å². The Labute approximate surface area is 148 Å². The molecule has 6 nitrogen and oxygen atoms in total. The van der Waals surface area contributed by atoms with Gasteiger partial charge in [-0.1, -0.05) is 30.3 Å². The maximum Gasteiger partial charge on any atom is 0.242 e. The number of carbonyl (C=O) groups excluding carboxylic acids is 1. The number of hydrogen-bond donors (Lipinski definition) is 1. The van der Waals surface area contributed by atoms with Crippen LogP contribution < -0.4 is 10.1 Å². The van der Waals surface area contributed by atoms with Crippen LogP contribution in [-0.2, 0) is 27.8 Å². The molecule has 1 N–H and O–H groups in total. The lowest BCUT2D eigenvalue weighted by Crippen LogP contribution is -2.27. The molecule has 2 aromatic carbocycles. The van der Waals surface area contributed by atoms with Gasteiger partial charge in [-0.05, 0) is 29.3 Å². The van der Waals surface area contributed by atoms with E-state index in [4.69, 9.17) is 4.74 Å². The highest BCUT2D eigenvalue weighted by Gasteiger charge is 2.20. The van der Waals surface area contributed by atoms with Crippen molar-refractivity contribution in [2.75, 3.05) is 21.2 Å². The zero-order chi connectivity index (χ0) is 18.4. The van der Waals surface area contributed by atoms with Crippen LogP contribution in [0.5, 0.6) is 5.75 Å². The van der Waals surface area contributed by atoms with E-state index in [2.05, 4.69) is 5.32 Å². The van der Waals surface area contributed by atoms with Crippen molar-refractivity contribution in [1.29, 1.82) is 0 Å². The van der Waals surface area contributed by atoms with Gasteiger partial charge in [0, 0.05) is 20.6 Å². The summed E-state index contributed by atoms with van der Waals surface area (Å²) in [6.07, 6.45) is 0.194. The van der Waals surface area contributed by atoms with Gasteiger partial charge < -0.3 is 10.1 Å². The lowest BCUT2D eigenvalue weighted by molar-refractivity contribution is -0.120. The number of amides is 1. The van der Waals surface area contributed by atoms with Crippen LogP contribution in [0.1, 0.15) is 11.1 Å². The Morgan fingerprint density at radius 1 is 1.12 bits per heavy atom. The first kappa shape index (κ1) is 19.0. The van der Waals surface area contributed by atoms with E-state index in [-0.39, 0.29) is 23.8 Å². The number of nitrogens with zero attached hydrogens (tertiary/aromatic N) is 1. The van der Waals surface area contributed by atoms with Gasteiger partial charge in [-0.3, -0.25) is 4.79 Å². The van der Waals surface area contributed by atoms with Crippen LogP contribution >= 0.6 is 0 Å². The Morgan fingerprint density at radius 2 is 1.84 bits per heavy atom. The second kappa shape index (κ2) is 8.13. The molecule has 0 saturated heterocycles. The molecule has 134 valence electrons. The Balaban J connectivity index is 2.08. The summed E-state index contributed by atoms with van der Waals surface area (Å²) >= 11 is 0. The van der Waals surface area contributed by atoms with E-state index >= 15 is 0 Å². The number of ether oxygens (including phenoxy) is 1. The zero-order valence-electron chi connectivity index (χ0n) is 14.5. The lowest BCUT2D eigenvalue weighted by Gasteiger charge is -2.15. The highest BCUT2D eigenvalue weighted by atomic mass is 32.2. The molecule has 0 fully saturated rings. The predicted molar refractivity (Wildman–Crippen MR) is 95.9 cm³/mol. The smallest absolute Gasteiger partial charge is 0.242 e. The maximum atomic E-state index is 12.4. The van der Waals surface area contributed by atoms with Crippen molar-refractivity contribution in [2.45, 2.75) is 17.9 Å². The molecular weight excluding hydrogens is 340 g/mol. The zero-order valence-corrected chi connectivity index (χ0v) is 15.3. The largest absolute Gasteiger partial charge is 0.497 e. The number of benzene rings is 2. The molecule has 25 heavy (non-hydrogen) atoms. The highest BCUT2D eigenvalue weighted by molar-refractivity contribution is 7.89. The standard InChI is InChI=1S/C18H22N2O4S/c1-20(2)25(22,23)17-10-5-4-8-15(17)13-19-18(21)12-14-7-6-9-16(11-14)24-3/h4-11H,12-13H2,1-3H3,(H,19,21). The van der Waals surface area contributed by atoms with E-state index < -0.39 is 10.0 Å². The summed E-state index contributed by atoms with van der Waals surface area (Å²) in [5, 5.41) is 2.77. The van der Waals surface area contributed by atoms with E-state index in [1.807, 2.05) is 18.2 Å². The van der Waals surface area contributed by atoms with E-state index in [1.54, 1.807) is 37.4 Å². The monoisotopic (exact) mass is 362 g/mol. The predicted octanol–water partition coefficient (Wildman–Crippen LogP) is 1.80. The Morgan fingerprint density at radius 3 is 2.52 bits per heavy atom. The number of carbonyl (C=O) groups is 1. The first-order valence-corrected chi connectivity index (χ1v) is 9.18. The maximum absolute atomic E-state index is 12.4. The molecule has 0 aromatic heterocycles. The molecule has 0 atom stereocenters. The van der Waals surface area contributed by atoms with Gasteiger partial charge in [-0.15, -0.1) is 0 Å². The van der Waals surface area contributed by atoms with Gasteiger partial charge in [0.05, 0.1) is 18.4 Å². The fourth-order valence-corrected chi connectivity index (χ4v) is 3.44. The SMILES string of the molecule is COc1cccc(CC(=O)NCc2ccccc2S(=O)(=O)N(C)C)c1. The molecule has 7 heteroatoms. The third kappa shape index (κ3) is 4.80. The molecule has 0 bridgehead atoms. The molecule has 0 unspecified atom stereocenters. The summed E-state index contributed by atoms with van der Waals surface area (Å²) in [5.41, 5.74) is 1.38. The van der Waals surface area contributed by atoms with E-state index in [9.17, 15) is 13.2 Å². The molecule has 0 aliphatic heterocycles. The Hall–Kier alpha value is -2.38. The van der Waals surface area contributed by atoms with Crippen LogP contribution in [0.2, 0.25) is 0 Å². The molecule has 1 amide bonds. The number of sulfonamides is 1. The van der Waals surface area contributed by atoms with Gasteiger partial charge in [0.1, 0.15) is 5.75 Å². The first-order valence-electron chi connectivity index (χ1n) is 7.74. The van der Waals surface area contributed by atoms with Crippen molar-refractivity contribution in [3.63, 3.8) is 0 Å². The van der Waals surface area contributed by atoms with Crippen LogP contribution in [0.25, 0.3) is 0 Å². The van der Waals surface area contributed by atoms with E-state index in [1.165, 1.54) is 14.1 Å². The number of nitrogens with one attached hydrogen (secondary N) is 1. The summed E-state index contributed by atoms with van der Waals surface area (Å²) in [7, 11) is 0.972. The number of methoxy groups -OCH3 is 1. The fraction of sp³-hybridized carbons (Fsp3) is 0.278. The van der Waals surface area contributed by atoms with Crippen LogP contribution in [0.3, 0.4) is 0 Å². The molecule has 0 aliphatic rings. The average molecular weight is 362 g/mol. The van der Waals surface area contributed by atoms with Crippen LogP contribution in [-0.4, -0.2) is 39.8 Å². The normalized spacial score (nSPS) is 11.4. The molecule has 2 aromatic rings. The average Bonchev–Trinajstić information content (AvgIpc) is 2.60. The van der Waals surface area contributed by atoms with Crippen molar-refractivity contribution >= 4 is 15.9 Å². The molecule has 0 spiro atoms. The van der Waals surface area contributed by atoms with E-state index in [0.29, 0.717) is 11.3 Å². The van der Waals surface area contributed by atoms with Crippen molar-refractivity contribution < 1.29 is 17.9 Å². The molecular formula is C18H22N2O4S. The summed E-state index contributed by atoms with van der Waals surface area (Å²) in [5.74, 6) is 0.498.